The van der Waals surface area contributed by atoms with Gasteiger partial charge in [-0.2, -0.15) is 4.99 Å². The zero-order valence-corrected chi connectivity index (χ0v) is 15.5. The van der Waals surface area contributed by atoms with Crippen LogP contribution in [0.3, 0.4) is 0 Å². The van der Waals surface area contributed by atoms with Gasteiger partial charge in [-0.05, 0) is 24.3 Å². The lowest BCUT2D eigenvalue weighted by Gasteiger charge is -2.04. The van der Waals surface area contributed by atoms with Crippen molar-refractivity contribution in [3.63, 3.8) is 0 Å². The van der Waals surface area contributed by atoms with Crippen LogP contribution < -0.4 is 4.80 Å². The monoisotopic (exact) mass is 405 g/mol. The summed E-state index contributed by atoms with van der Waals surface area (Å²) in [5.41, 5.74) is 0.638. The number of para-hydroxylation sites is 1. The normalized spacial score (nSPS) is 11.6. The van der Waals surface area contributed by atoms with Gasteiger partial charge in [-0.1, -0.05) is 29.0 Å². The molecule has 0 spiro atoms. The van der Waals surface area contributed by atoms with Crippen LogP contribution in [0.25, 0.3) is 10.2 Å². The van der Waals surface area contributed by atoms with Crippen LogP contribution in [-0.2, 0) is 16.1 Å². The number of methoxy groups -OCH3 is 1. The Labute approximate surface area is 161 Å². The molecule has 0 aliphatic carbocycles. The summed E-state index contributed by atoms with van der Waals surface area (Å²) in [4.78, 5) is 38.8. The van der Waals surface area contributed by atoms with Crippen LogP contribution in [0, 0.1) is 10.1 Å². The van der Waals surface area contributed by atoms with Crippen molar-refractivity contribution in [2.24, 2.45) is 4.99 Å². The van der Waals surface area contributed by atoms with Crippen molar-refractivity contribution in [2.75, 3.05) is 7.11 Å². The van der Waals surface area contributed by atoms with Gasteiger partial charge in [-0.3, -0.25) is 19.7 Å². The number of hydrogen-bond donors (Lipinski definition) is 0. The van der Waals surface area contributed by atoms with E-state index >= 15 is 0 Å². The minimum atomic E-state index is -0.591. The molecule has 0 N–H and O–H groups in total. The highest BCUT2D eigenvalue weighted by Crippen LogP contribution is 2.25. The van der Waals surface area contributed by atoms with E-state index in [1.807, 2.05) is 0 Å². The van der Waals surface area contributed by atoms with Gasteiger partial charge in [0.15, 0.2) is 4.80 Å². The van der Waals surface area contributed by atoms with E-state index in [4.69, 9.17) is 16.3 Å². The molecule has 0 aliphatic heterocycles. The van der Waals surface area contributed by atoms with Gasteiger partial charge in [0.1, 0.15) is 6.54 Å². The third-order valence-electron chi connectivity index (χ3n) is 3.69. The van der Waals surface area contributed by atoms with Crippen LogP contribution >= 0.6 is 22.9 Å². The largest absolute Gasteiger partial charge is 0.468 e. The maximum Gasteiger partial charge on any atom is 0.325 e. The molecule has 0 unspecified atom stereocenters. The Balaban J connectivity index is 2.10. The van der Waals surface area contributed by atoms with Crippen LogP contribution in [0.4, 0.5) is 5.69 Å². The lowest BCUT2D eigenvalue weighted by Crippen LogP contribution is -2.22. The summed E-state index contributed by atoms with van der Waals surface area (Å²) in [5, 5.41) is 11.1. The summed E-state index contributed by atoms with van der Waals surface area (Å²) in [6.45, 7) is -0.160. The second-order valence-electron chi connectivity index (χ2n) is 5.35. The number of nitrogens with zero attached hydrogens (tertiary/aromatic N) is 3. The van der Waals surface area contributed by atoms with E-state index in [0.717, 1.165) is 4.70 Å². The molecule has 1 heterocycles. The number of non-ortho nitro benzene ring substituents is 1. The predicted molar refractivity (Wildman–Crippen MR) is 99.8 cm³/mol. The summed E-state index contributed by atoms with van der Waals surface area (Å²) in [5.74, 6) is -1.11. The number of hydrogen-bond acceptors (Lipinski definition) is 6. The Bertz CT molecular complexity index is 1120. The second-order valence-corrected chi connectivity index (χ2v) is 6.77. The number of ether oxygens (including phenoxy) is 1. The number of thiazole rings is 1. The first-order chi connectivity index (χ1) is 12.9. The van der Waals surface area contributed by atoms with Gasteiger partial charge in [0.2, 0.25) is 0 Å². The average molecular weight is 406 g/mol. The van der Waals surface area contributed by atoms with Gasteiger partial charge in [-0.15, -0.1) is 0 Å². The first kappa shape index (κ1) is 18.7. The Morgan fingerprint density at radius 2 is 1.96 bits per heavy atom. The first-order valence-corrected chi connectivity index (χ1v) is 8.78. The van der Waals surface area contributed by atoms with Gasteiger partial charge in [0.05, 0.1) is 27.3 Å². The Morgan fingerprint density at radius 1 is 1.26 bits per heavy atom. The van der Waals surface area contributed by atoms with Crippen molar-refractivity contribution >= 4 is 50.7 Å². The summed E-state index contributed by atoms with van der Waals surface area (Å²) in [6.07, 6.45) is 0. The van der Waals surface area contributed by atoms with Crippen LogP contribution in [-0.4, -0.2) is 28.5 Å². The number of benzene rings is 2. The molecule has 0 fully saturated rings. The fourth-order valence-electron chi connectivity index (χ4n) is 2.39. The number of fused-ring (bicyclic) bond motifs is 1. The molecule has 0 saturated heterocycles. The van der Waals surface area contributed by atoms with Gasteiger partial charge in [-0.25, -0.2) is 0 Å². The zero-order valence-electron chi connectivity index (χ0n) is 13.9. The van der Waals surface area contributed by atoms with Gasteiger partial charge in [0.25, 0.3) is 11.6 Å². The van der Waals surface area contributed by atoms with E-state index in [-0.39, 0.29) is 22.6 Å². The van der Waals surface area contributed by atoms with E-state index < -0.39 is 16.8 Å². The summed E-state index contributed by atoms with van der Waals surface area (Å²) in [7, 11) is 1.26. The maximum absolute atomic E-state index is 12.5. The number of amides is 1. The molecule has 0 atom stereocenters. The van der Waals surface area contributed by atoms with Crippen molar-refractivity contribution < 1.29 is 19.2 Å². The van der Waals surface area contributed by atoms with Crippen LogP contribution in [0.5, 0.6) is 0 Å². The maximum atomic E-state index is 12.5. The summed E-state index contributed by atoms with van der Waals surface area (Å²) in [6, 6.07) is 10.3. The van der Waals surface area contributed by atoms with E-state index in [1.165, 1.54) is 47.3 Å². The molecule has 0 radical (unpaired) electrons. The molecule has 1 aromatic heterocycles. The van der Waals surface area contributed by atoms with Gasteiger partial charge >= 0.3 is 5.97 Å². The van der Waals surface area contributed by atoms with Crippen LogP contribution in [0.15, 0.2) is 47.5 Å². The second kappa shape index (κ2) is 7.68. The van der Waals surface area contributed by atoms with Crippen molar-refractivity contribution in [3.8, 4) is 0 Å². The smallest absolute Gasteiger partial charge is 0.325 e. The van der Waals surface area contributed by atoms with Crippen molar-refractivity contribution in [1.29, 1.82) is 0 Å². The molecule has 8 nitrogen and oxygen atoms in total. The quantitative estimate of drug-likeness (QED) is 0.376. The molecular formula is C17H12ClN3O5S. The highest BCUT2D eigenvalue weighted by atomic mass is 35.5. The number of halogens is 1. The minimum Gasteiger partial charge on any atom is -0.468 e. The first-order valence-electron chi connectivity index (χ1n) is 7.59. The molecule has 0 bridgehead atoms. The third kappa shape index (κ3) is 3.88. The van der Waals surface area contributed by atoms with Crippen LogP contribution in [0.2, 0.25) is 5.02 Å². The number of nitro groups is 1. The van der Waals surface area contributed by atoms with E-state index in [0.29, 0.717) is 10.5 Å². The fraction of sp³-hybridized carbons (Fsp3) is 0.118. The molecule has 3 aromatic rings. The lowest BCUT2D eigenvalue weighted by molar-refractivity contribution is -0.384. The summed E-state index contributed by atoms with van der Waals surface area (Å²) < 4.78 is 6.97. The molecule has 0 aliphatic rings. The molecule has 3 rings (SSSR count). The number of aromatic nitrogens is 1. The van der Waals surface area contributed by atoms with Crippen molar-refractivity contribution in [3.05, 3.63) is 68.0 Å². The lowest BCUT2D eigenvalue weighted by atomic mass is 10.2. The van der Waals surface area contributed by atoms with E-state index in [1.54, 1.807) is 18.2 Å². The topological polar surface area (TPSA) is 104 Å². The minimum absolute atomic E-state index is 0.124. The third-order valence-corrected chi connectivity index (χ3v) is 5.04. The van der Waals surface area contributed by atoms with Gasteiger partial charge in [0, 0.05) is 17.7 Å². The SMILES string of the molecule is COC(=O)Cn1c(=NC(=O)c2ccc([N+](=O)[O-])cc2)sc2cccc(Cl)c21. The van der Waals surface area contributed by atoms with E-state index in [2.05, 4.69) is 4.99 Å². The molecule has 1 amide bonds. The number of esters is 1. The molecule has 27 heavy (non-hydrogen) atoms. The average Bonchev–Trinajstić information content (AvgIpc) is 3.00. The Hall–Kier alpha value is -3.04. The zero-order chi connectivity index (χ0) is 19.6. The standard InChI is InChI=1S/C17H12ClN3O5S/c1-26-14(22)9-20-15-12(18)3-2-4-13(15)27-17(20)19-16(23)10-5-7-11(8-6-10)21(24)25/h2-8H,9H2,1H3. The van der Waals surface area contributed by atoms with E-state index in [9.17, 15) is 19.7 Å². The Morgan fingerprint density at radius 3 is 2.59 bits per heavy atom. The Kier molecular flexibility index (Phi) is 5.33. The molecule has 0 saturated carbocycles. The molecule has 2 aromatic carbocycles. The number of rotatable bonds is 4. The van der Waals surface area contributed by atoms with Gasteiger partial charge < -0.3 is 9.30 Å². The number of carbonyl (C=O) groups excluding carboxylic acids is 2. The highest BCUT2D eigenvalue weighted by molar-refractivity contribution is 7.16. The molecular weight excluding hydrogens is 394 g/mol. The predicted octanol–water partition coefficient (Wildman–Crippen LogP) is 3.18. The highest BCUT2D eigenvalue weighted by Gasteiger charge is 2.15. The molecule has 10 heteroatoms. The van der Waals surface area contributed by atoms with Crippen molar-refractivity contribution in [1.82, 2.24) is 4.57 Å². The molecule has 138 valence electrons. The number of carbonyl (C=O) groups is 2. The van der Waals surface area contributed by atoms with Crippen LogP contribution in [0.1, 0.15) is 10.4 Å². The number of nitro benzene ring substituents is 1. The summed E-state index contributed by atoms with van der Waals surface area (Å²) >= 11 is 7.44. The van der Waals surface area contributed by atoms with Crippen molar-refractivity contribution in [2.45, 2.75) is 6.54 Å². The fourth-order valence-corrected chi connectivity index (χ4v) is 3.78.